The first-order valence-electron chi connectivity index (χ1n) is 10.1. The van der Waals surface area contributed by atoms with Gasteiger partial charge in [0.15, 0.2) is 6.61 Å². The van der Waals surface area contributed by atoms with Crippen LogP contribution in [0.5, 0.6) is 5.75 Å². The van der Waals surface area contributed by atoms with Crippen LogP contribution in [0.25, 0.3) is 0 Å². The average molecular weight is 371 g/mol. The zero-order valence-corrected chi connectivity index (χ0v) is 15.8. The lowest BCUT2D eigenvalue weighted by atomic mass is 9.96. The first kappa shape index (κ1) is 18.3. The number of ether oxygens (including phenoxy) is 1. The Labute approximate surface area is 160 Å². The van der Waals surface area contributed by atoms with E-state index in [1.54, 1.807) is 4.90 Å². The van der Waals surface area contributed by atoms with E-state index in [0.29, 0.717) is 30.7 Å². The van der Waals surface area contributed by atoms with Crippen LogP contribution in [-0.4, -0.2) is 60.4 Å². The van der Waals surface area contributed by atoms with E-state index in [0.717, 1.165) is 38.8 Å². The third kappa shape index (κ3) is 3.95. The van der Waals surface area contributed by atoms with Crippen LogP contribution in [0.3, 0.4) is 0 Å². The maximum atomic E-state index is 13.0. The van der Waals surface area contributed by atoms with E-state index >= 15 is 0 Å². The quantitative estimate of drug-likeness (QED) is 0.870. The summed E-state index contributed by atoms with van der Waals surface area (Å²) in [6, 6.07) is 9.59. The van der Waals surface area contributed by atoms with Crippen LogP contribution < -0.4 is 10.5 Å². The Balaban J connectivity index is 1.30. The number of carbonyl (C=O) groups is 2. The van der Waals surface area contributed by atoms with Crippen molar-refractivity contribution < 1.29 is 14.3 Å². The minimum absolute atomic E-state index is 0.0215. The highest BCUT2D eigenvalue weighted by molar-refractivity contribution is 5.82. The molecular weight excluding hydrogens is 342 g/mol. The van der Waals surface area contributed by atoms with Crippen molar-refractivity contribution in [1.82, 2.24) is 9.80 Å². The summed E-state index contributed by atoms with van der Waals surface area (Å²) in [6.07, 6.45) is 3.96. The van der Waals surface area contributed by atoms with Gasteiger partial charge in [-0.1, -0.05) is 18.2 Å². The number of nitrogens with two attached hydrogens (primary N) is 1. The van der Waals surface area contributed by atoms with Crippen molar-refractivity contribution in [2.24, 2.45) is 23.5 Å². The van der Waals surface area contributed by atoms with Gasteiger partial charge in [0.25, 0.3) is 5.91 Å². The monoisotopic (exact) mass is 371 g/mol. The Morgan fingerprint density at radius 2 is 1.85 bits per heavy atom. The van der Waals surface area contributed by atoms with Crippen LogP contribution in [-0.2, 0) is 9.59 Å². The zero-order valence-electron chi connectivity index (χ0n) is 15.8. The topological polar surface area (TPSA) is 75.9 Å². The van der Waals surface area contributed by atoms with Gasteiger partial charge in [-0.05, 0) is 49.7 Å². The van der Waals surface area contributed by atoms with Crippen molar-refractivity contribution in [3.8, 4) is 5.75 Å². The fourth-order valence-corrected chi connectivity index (χ4v) is 4.90. The van der Waals surface area contributed by atoms with Gasteiger partial charge in [0, 0.05) is 32.2 Å². The summed E-state index contributed by atoms with van der Waals surface area (Å²) in [4.78, 5) is 29.3. The largest absolute Gasteiger partial charge is 0.484 e. The van der Waals surface area contributed by atoms with Crippen LogP contribution in [0.1, 0.15) is 25.7 Å². The summed E-state index contributed by atoms with van der Waals surface area (Å²) in [6.45, 7) is 2.88. The van der Waals surface area contributed by atoms with Crippen molar-refractivity contribution in [3.05, 3.63) is 30.3 Å². The molecule has 27 heavy (non-hydrogen) atoms. The number of nitrogens with zero attached hydrogens (tertiary/aromatic N) is 2. The molecule has 6 nitrogen and oxygen atoms in total. The van der Waals surface area contributed by atoms with E-state index in [1.165, 1.54) is 0 Å². The summed E-state index contributed by atoms with van der Waals surface area (Å²) >= 11 is 0. The van der Waals surface area contributed by atoms with Crippen LogP contribution in [0.4, 0.5) is 0 Å². The van der Waals surface area contributed by atoms with E-state index in [4.69, 9.17) is 10.5 Å². The maximum Gasteiger partial charge on any atom is 0.260 e. The van der Waals surface area contributed by atoms with Gasteiger partial charge in [0.2, 0.25) is 5.91 Å². The normalized spacial score (nSPS) is 30.3. The van der Waals surface area contributed by atoms with Crippen LogP contribution in [0, 0.1) is 17.8 Å². The fraction of sp³-hybridized carbons (Fsp3) is 0.619. The molecule has 2 aliphatic heterocycles. The van der Waals surface area contributed by atoms with E-state index in [1.807, 2.05) is 35.2 Å². The summed E-state index contributed by atoms with van der Waals surface area (Å²) < 4.78 is 5.58. The van der Waals surface area contributed by atoms with Crippen LogP contribution in [0.2, 0.25) is 0 Å². The Kier molecular flexibility index (Phi) is 5.34. The molecule has 2 saturated heterocycles. The maximum absolute atomic E-state index is 13.0. The lowest BCUT2D eigenvalue weighted by Gasteiger charge is -2.34. The molecule has 0 bridgehead atoms. The molecule has 146 valence electrons. The third-order valence-electron chi connectivity index (χ3n) is 6.45. The molecule has 2 heterocycles. The molecule has 3 fully saturated rings. The second-order valence-electron chi connectivity index (χ2n) is 8.19. The fourth-order valence-electron chi connectivity index (χ4n) is 4.90. The molecule has 0 radical (unpaired) electrons. The van der Waals surface area contributed by atoms with Crippen molar-refractivity contribution in [2.75, 3.05) is 32.8 Å². The average Bonchev–Trinajstić information content (AvgIpc) is 3.28. The summed E-state index contributed by atoms with van der Waals surface area (Å²) in [5.74, 6) is 1.80. The molecule has 1 aromatic rings. The van der Waals surface area contributed by atoms with Crippen LogP contribution >= 0.6 is 0 Å². The molecule has 2 amide bonds. The highest BCUT2D eigenvalue weighted by Gasteiger charge is 2.44. The molecule has 1 saturated carbocycles. The van der Waals surface area contributed by atoms with E-state index < -0.39 is 0 Å². The molecule has 1 aromatic carbocycles. The number of hydrogen-bond acceptors (Lipinski definition) is 4. The van der Waals surface area contributed by atoms with Gasteiger partial charge >= 0.3 is 0 Å². The number of hydrogen-bond donors (Lipinski definition) is 1. The number of para-hydroxylation sites is 1. The van der Waals surface area contributed by atoms with Gasteiger partial charge < -0.3 is 20.3 Å². The van der Waals surface area contributed by atoms with Gasteiger partial charge in [-0.15, -0.1) is 0 Å². The van der Waals surface area contributed by atoms with Crippen LogP contribution in [0.15, 0.2) is 30.3 Å². The highest BCUT2D eigenvalue weighted by Crippen LogP contribution is 2.38. The summed E-state index contributed by atoms with van der Waals surface area (Å²) in [5, 5.41) is 0. The zero-order chi connectivity index (χ0) is 18.8. The predicted octanol–water partition coefficient (Wildman–Crippen LogP) is 1.50. The van der Waals surface area contributed by atoms with Crippen molar-refractivity contribution >= 4 is 11.8 Å². The third-order valence-corrected chi connectivity index (χ3v) is 6.45. The van der Waals surface area contributed by atoms with E-state index in [2.05, 4.69) is 0 Å². The molecular formula is C21H29N3O3. The number of benzene rings is 1. The number of fused-ring (bicyclic) bond motifs is 1. The van der Waals surface area contributed by atoms with Gasteiger partial charge in [0.05, 0.1) is 5.92 Å². The molecule has 1 aliphatic carbocycles. The highest BCUT2D eigenvalue weighted by atomic mass is 16.5. The second-order valence-corrected chi connectivity index (χ2v) is 8.19. The smallest absolute Gasteiger partial charge is 0.260 e. The predicted molar refractivity (Wildman–Crippen MR) is 102 cm³/mol. The lowest BCUT2D eigenvalue weighted by Crippen LogP contribution is -2.47. The van der Waals surface area contributed by atoms with E-state index in [9.17, 15) is 9.59 Å². The number of amides is 2. The minimum atomic E-state index is -0.0884. The Morgan fingerprint density at radius 3 is 2.63 bits per heavy atom. The molecule has 0 aromatic heterocycles. The standard InChI is InChI=1S/C21H29N3O3/c22-19-9-8-15-11-24(13-18(15)19)21(26)16-5-4-10-23(12-16)20(25)14-27-17-6-2-1-3-7-17/h1-3,6-7,15-16,18-19H,4-5,8-14,22H2. The Bertz CT molecular complexity index is 681. The summed E-state index contributed by atoms with van der Waals surface area (Å²) in [7, 11) is 0. The minimum Gasteiger partial charge on any atom is -0.484 e. The molecule has 6 heteroatoms. The lowest BCUT2D eigenvalue weighted by molar-refractivity contribution is -0.141. The molecule has 3 aliphatic rings. The first-order valence-corrected chi connectivity index (χ1v) is 10.1. The molecule has 2 N–H and O–H groups in total. The molecule has 4 atom stereocenters. The molecule has 0 spiro atoms. The number of likely N-dealkylation sites (tertiary alicyclic amines) is 2. The Hall–Kier alpha value is -2.08. The second kappa shape index (κ2) is 7.89. The first-order chi connectivity index (χ1) is 13.1. The van der Waals surface area contributed by atoms with Gasteiger partial charge in [-0.3, -0.25) is 9.59 Å². The number of carbonyl (C=O) groups excluding carboxylic acids is 2. The van der Waals surface area contributed by atoms with E-state index in [-0.39, 0.29) is 30.4 Å². The molecule has 4 rings (SSSR count). The van der Waals surface area contributed by atoms with Gasteiger partial charge in [-0.25, -0.2) is 0 Å². The van der Waals surface area contributed by atoms with Gasteiger partial charge in [0.1, 0.15) is 5.75 Å². The number of piperidine rings is 1. The van der Waals surface area contributed by atoms with Crippen molar-refractivity contribution in [2.45, 2.75) is 31.7 Å². The van der Waals surface area contributed by atoms with Gasteiger partial charge in [-0.2, -0.15) is 0 Å². The van der Waals surface area contributed by atoms with Crippen molar-refractivity contribution in [1.29, 1.82) is 0 Å². The Morgan fingerprint density at radius 1 is 1.04 bits per heavy atom. The molecule has 4 unspecified atom stereocenters. The summed E-state index contributed by atoms with van der Waals surface area (Å²) in [5.41, 5.74) is 6.20. The van der Waals surface area contributed by atoms with Crippen molar-refractivity contribution in [3.63, 3.8) is 0 Å². The SMILES string of the molecule is NC1CCC2CN(C(=O)C3CCCN(C(=O)COc4ccccc4)C3)CC12. The number of rotatable bonds is 4.